The zero-order chi connectivity index (χ0) is 20.5. The van der Waals surface area contributed by atoms with E-state index in [1.807, 2.05) is 30.3 Å². The molecule has 0 radical (unpaired) electrons. The van der Waals surface area contributed by atoms with Gasteiger partial charge in [0.05, 0.1) is 20.1 Å². The van der Waals surface area contributed by atoms with E-state index in [4.69, 9.17) is 9.47 Å². The molecule has 0 bridgehead atoms. The van der Waals surface area contributed by atoms with Crippen molar-refractivity contribution in [3.8, 4) is 5.75 Å². The molecule has 1 aromatic heterocycles. The molecule has 9 heteroatoms. The van der Waals surface area contributed by atoms with Crippen molar-refractivity contribution in [2.45, 2.75) is 31.7 Å². The monoisotopic (exact) mass is 406 g/mol. The first-order valence-corrected chi connectivity index (χ1v) is 9.83. The predicted molar refractivity (Wildman–Crippen MR) is 104 cm³/mol. The fourth-order valence-corrected chi connectivity index (χ4v) is 2.95. The van der Waals surface area contributed by atoms with Crippen molar-refractivity contribution in [3.63, 3.8) is 0 Å². The number of thioether (sulfide) groups is 1. The third-order valence-corrected chi connectivity index (χ3v) is 4.41. The average Bonchev–Trinajstić information content (AvgIpc) is 2.72. The van der Waals surface area contributed by atoms with Crippen LogP contribution in [0.4, 0.5) is 0 Å². The van der Waals surface area contributed by atoms with Crippen LogP contribution in [0, 0.1) is 0 Å². The van der Waals surface area contributed by atoms with E-state index in [1.54, 1.807) is 13.2 Å². The summed E-state index contributed by atoms with van der Waals surface area (Å²) in [6, 6.07) is 9.22. The largest absolute Gasteiger partial charge is 0.481 e. The molecule has 150 valence electrons. The van der Waals surface area contributed by atoms with Gasteiger partial charge in [-0.1, -0.05) is 42.1 Å². The molecule has 0 unspecified atom stereocenters. The number of carbonyl (C=O) groups excluding carboxylic acids is 2. The van der Waals surface area contributed by atoms with Gasteiger partial charge in [0, 0.05) is 6.54 Å². The van der Waals surface area contributed by atoms with Crippen LogP contribution in [0.25, 0.3) is 0 Å². The summed E-state index contributed by atoms with van der Waals surface area (Å²) in [5, 5.41) is 0.281. The van der Waals surface area contributed by atoms with Crippen LogP contribution in [0.2, 0.25) is 0 Å². The lowest BCUT2D eigenvalue weighted by atomic mass is 10.2. The molecular weight excluding hydrogens is 384 g/mol. The molecule has 2 rings (SSSR count). The normalized spacial score (nSPS) is 10.4. The molecule has 0 amide bonds. The number of ether oxygens (including phenoxy) is 3. The Morgan fingerprint density at radius 3 is 2.54 bits per heavy atom. The van der Waals surface area contributed by atoms with Crippen molar-refractivity contribution in [1.29, 1.82) is 0 Å². The summed E-state index contributed by atoms with van der Waals surface area (Å²) < 4.78 is 16.6. The van der Waals surface area contributed by atoms with Gasteiger partial charge in [0.15, 0.2) is 10.9 Å². The summed E-state index contributed by atoms with van der Waals surface area (Å²) in [4.78, 5) is 41.1. The predicted octanol–water partition coefficient (Wildman–Crippen LogP) is 2.28. The van der Waals surface area contributed by atoms with E-state index in [0.717, 1.165) is 5.56 Å². The van der Waals surface area contributed by atoms with Gasteiger partial charge in [-0.3, -0.25) is 14.2 Å². The smallest absolute Gasteiger partial charge is 0.361 e. The highest BCUT2D eigenvalue weighted by Gasteiger charge is 2.24. The lowest BCUT2D eigenvalue weighted by molar-refractivity contribution is -0.140. The minimum Gasteiger partial charge on any atom is -0.481 e. The van der Waals surface area contributed by atoms with E-state index in [0.29, 0.717) is 0 Å². The molecule has 0 saturated heterocycles. The van der Waals surface area contributed by atoms with Crippen molar-refractivity contribution in [1.82, 2.24) is 9.55 Å². The standard InChI is InChI=1S/C19H22N2O6S/c1-4-26-18(24)15-16(27-12-13-8-6-5-7-9-13)17(23)21(19(20-15)28-3)11-10-14(22)25-2/h5-9H,4,10-12H2,1-3H3. The summed E-state index contributed by atoms with van der Waals surface area (Å²) in [6.07, 6.45) is 1.71. The zero-order valence-corrected chi connectivity index (χ0v) is 16.8. The molecule has 0 aliphatic rings. The molecule has 2 aromatic rings. The third-order valence-electron chi connectivity index (χ3n) is 3.74. The summed E-state index contributed by atoms with van der Waals surface area (Å²) in [5.74, 6) is -1.40. The first-order valence-electron chi connectivity index (χ1n) is 8.61. The maximum absolute atomic E-state index is 13.0. The van der Waals surface area contributed by atoms with Gasteiger partial charge in [-0.2, -0.15) is 0 Å². The average molecular weight is 406 g/mol. The Hall–Kier alpha value is -2.81. The lowest BCUT2D eigenvalue weighted by Gasteiger charge is -2.15. The number of hydrogen-bond donors (Lipinski definition) is 0. The molecule has 0 fully saturated rings. The van der Waals surface area contributed by atoms with Crippen molar-refractivity contribution in [3.05, 3.63) is 51.9 Å². The quantitative estimate of drug-likeness (QED) is 0.355. The molecule has 1 heterocycles. The molecule has 0 N–H and O–H groups in total. The Labute approximate surface area is 166 Å². The van der Waals surface area contributed by atoms with Gasteiger partial charge in [0.2, 0.25) is 5.75 Å². The van der Waals surface area contributed by atoms with Crippen LogP contribution >= 0.6 is 11.8 Å². The molecular formula is C19H22N2O6S. The minimum atomic E-state index is -0.738. The van der Waals surface area contributed by atoms with E-state index in [9.17, 15) is 14.4 Å². The summed E-state index contributed by atoms with van der Waals surface area (Å²) >= 11 is 1.18. The highest BCUT2D eigenvalue weighted by Crippen LogP contribution is 2.20. The maximum atomic E-state index is 13.0. The molecule has 0 aliphatic heterocycles. The van der Waals surface area contributed by atoms with Gasteiger partial charge in [-0.15, -0.1) is 0 Å². The third kappa shape index (κ3) is 5.35. The number of esters is 2. The topological polar surface area (TPSA) is 96.7 Å². The van der Waals surface area contributed by atoms with Crippen molar-refractivity contribution < 1.29 is 23.8 Å². The Morgan fingerprint density at radius 2 is 1.93 bits per heavy atom. The van der Waals surface area contributed by atoms with Gasteiger partial charge < -0.3 is 14.2 Å². The van der Waals surface area contributed by atoms with Gasteiger partial charge in [-0.25, -0.2) is 9.78 Å². The van der Waals surface area contributed by atoms with Gasteiger partial charge >= 0.3 is 11.9 Å². The van der Waals surface area contributed by atoms with Crippen LogP contribution in [0.5, 0.6) is 5.75 Å². The molecule has 28 heavy (non-hydrogen) atoms. The molecule has 1 aromatic carbocycles. The Bertz CT molecular complexity index is 882. The molecule has 0 aliphatic carbocycles. The second kappa shape index (κ2) is 10.5. The van der Waals surface area contributed by atoms with Crippen molar-refractivity contribution in [2.24, 2.45) is 0 Å². The van der Waals surface area contributed by atoms with Crippen LogP contribution in [0.3, 0.4) is 0 Å². The SMILES string of the molecule is CCOC(=O)c1nc(SC)n(CCC(=O)OC)c(=O)c1OCc1ccccc1. The number of benzene rings is 1. The van der Waals surface area contributed by atoms with E-state index >= 15 is 0 Å². The van der Waals surface area contributed by atoms with E-state index in [-0.39, 0.29) is 42.8 Å². The number of aromatic nitrogens is 2. The molecule has 0 atom stereocenters. The Morgan fingerprint density at radius 1 is 1.21 bits per heavy atom. The summed E-state index contributed by atoms with van der Waals surface area (Å²) in [6.45, 7) is 1.94. The number of nitrogens with zero attached hydrogens (tertiary/aromatic N) is 2. The van der Waals surface area contributed by atoms with Crippen LogP contribution in [0.1, 0.15) is 29.4 Å². The fourth-order valence-electron chi connectivity index (χ4n) is 2.37. The number of carbonyl (C=O) groups is 2. The van der Waals surface area contributed by atoms with Crippen LogP contribution in [0.15, 0.2) is 40.3 Å². The van der Waals surface area contributed by atoms with Gasteiger partial charge in [0.1, 0.15) is 6.61 Å². The highest BCUT2D eigenvalue weighted by molar-refractivity contribution is 7.98. The number of methoxy groups -OCH3 is 1. The second-order valence-electron chi connectivity index (χ2n) is 5.55. The summed E-state index contributed by atoms with van der Waals surface area (Å²) in [7, 11) is 1.27. The number of rotatable bonds is 9. The first-order chi connectivity index (χ1) is 13.5. The van der Waals surface area contributed by atoms with Crippen molar-refractivity contribution >= 4 is 23.7 Å². The zero-order valence-electron chi connectivity index (χ0n) is 16.0. The Kier molecular flexibility index (Phi) is 8.06. The van der Waals surface area contributed by atoms with Crippen LogP contribution < -0.4 is 10.3 Å². The fraction of sp³-hybridized carbons (Fsp3) is 0.368. The molecule has 8 nitrogen and oxygen atoms in total. The molecule has 0 spiro atoms. The van der Waals surface area contributed by atoms with E-state index in [2.05, 4.69) is 9.72 Å². The molecule has 0 saturated carbocycles. The van der Waals surface area contributed by atoms with Crippen molar-refractivity contribution in [2.75, 3.05) is 20.0 Å². The van der Waals surface area contributed by atoms with E-state index < -0.39 is 17.5 Å². The highest BCUT2D eigenvalue weighted by atomic mass is 32.2. The van der Waals surface area contributed by atoms with Gasteiger partial charge in [0.25, 0.3) is 5.56 Å². The Balaban J connectivity index is 2.45. The lowest BCUT2D eigenvalue weighted by Crippen LogP contribution is -2.29. The van der Waals surface area contributed by atoms with Gasteiger partial charge in [-0.05, 0) is 18.7 Å². The number of hydrogen-bond acceptors (Lipinski definition) is 8. The maximum Gasteiger partial charge on any atom is 0.361 e. The first kappa shape index (κ1) is 21.5. The van der Waals surface area contributed by atoms with Crippen LogP contribution in [-0.2, 0) is 27.4 Å². The second-order valence-corrected chi connectivity index (χ2v) is 6.33. The van der Waals surface area contributed by atoms with Crippen LogP contribution in [-0.4, -0.2) is 41.5 Å². The minimum absolute atomic E-state index is 0.0114. The van der Waals surface area contributed by atoms with E-state index in [1.165, 1.54) is 23.4 Å². The summed E-state index contributed by atoms with van der Waals surface area (Å²) in [5.41, 5.74) is 0.0930.